The third kappa shape index (κ3) is 1.91. The molecule has 0 bridgehead atoms. The molecule has 2 heterocycles. The summed E-state index contributed by atoms with van der Waals surface area (Å²) in [5, 5.41) is 1.88. The summed E-state index contributed by atoms with van der Waals surface area (Å²) in [5.41, 5.74) is 1.58. The monoisotopic (exact) mass is 254 g/mol. The van der Waals surface area contributed by atoms with Crippen LogP contribution in [0.3, 0.4) is 0 Å². The molecule has 0 amide bonds. The van der Waals surface area contributed by atoms with Crippen LogP contribution in [0.15, 0.2) is 42.7 Å². The van der Waals surface area contributed by atoms with Gasteiger partial charge in [-0.05, 0) is 31.2 Å². The van der Waals surface area contributed by atoms with Gasteiger partial charge in [-0.3, -0.25) is 9.78 Å². The second-order valence-corrected chi connectivity index (χ2v) is 5.22. The highest BCUT2D eigenvalue weighted by molar-refractivity contribution is 7.13. The molecule has 0 aliphatic rings. The summed E-state index contributed by atoms with van der Waals surface area (Å²) in [4.78, 5) is 21.3. The maximum atomic E-state index is 12.3. The van der Waals surface area contributed by atoms with Gasteiger partial charge in [-0.15, -0.1) is 11.3 Å². The van der Waals surface area contributed by atoms with Crippen molar-refractivity contribution in [1.29, 1.82) is 0 Å². The van der Waals surface area contributed by atoms with Crippen molar-refractivity contribution >= 4 is 28.0 Å². The predicted molar refractivity (Wildman–Crippen MR) is 72.0 cm³/mol. The average molecular weight is 254 g/mol. The number of nitrogens with zero attached hydrogens (tertiary/aromatic N) is 2. The summed E-state index contributed by atoms with van der Waals surface area (Å²) in [6.07, 6.45) is 3.38. The van der Waals surface area contributed by atoms with Gasteiger partial charge >= 0.3 is 0 Å². The van der Waals surface area contributed by atoms with Crippen molar-refractivity contribution in [3.05, 3.63) is 58.2 Å². The Morgan fingerprint density at radius 1 is 1.22 bits per heavy atom. The number of ketones is 1. The third-order valence-electron chi connectivity index (χ3n) is 2.71. The second kappa shape index (κ2) is 4.31. The van der Waals surface area contributed by atoms with Crippen molar-refractivity contribution in [3.63, 3.8) is 0 Å². The molecule has 0 unspecified atom stereocenters. The molecule has 0 fully saturated rings. The zero-order valence-corrected chi connectivity index (χ0v) is 10.6. The number of pyridine rings is 1. The molecule has 3 rings (SSSR count). The van der Waals surface area contributed by atoms with E-state index in [-0.39, 0.29) is 5.78 Å². The maximum Gasteiger partial charge on any atom is 0.204 e. The van der Waals surface area contributed by atoms with Gasteiger partial charge in [0.25, 0.3) is 0 Å². The number of hydrogen-bond acceptors (Lipinski definition) is 4. The minimum Gasteiger partial charge on any atom is -0.288 e. The van der Waals surface area contributed by atoms with Crippen LogP contribution in [0.25, 0.3) is 10.9 Å². The number of thiazole rings is 1. The summed E-state index contributed by atoms with van der Waals surface area (Å²) in [6.45, 7) is 1.89. The van der Waals surface area contributed by atoms with Crippen molar-refractivity contribution in [2.45, 2.75) is 6.92 Å². The van der Waals surface area contributed by atoms with E-state index in [1.165, 1.54) is 11.3 Å². The number of carbonyl (C=O) groups excluding carboxylic acids is 1. The van der Waals surface area contributed by atoms with Crippen molar-refractivity contribution < 1.29 is 4.79 Å². The molecule has 18 heavy (non-hydrogen) atoms. The summed E-state index contributed by atoms with van der Waals surface area (Å²) >= 11 is 1.42. The van der Waals surface area contributed by atoms with Crippen LogP contribution in [0.5, 0.6) is 0 Å². The first kappa shape index (κ1) is 11.0. The molecule has 4 heteroatoms. The van der Waals surface area contributed by atoms with Gasteiger partial charge < -0.3 is 0 Å². The number of rotatable bonds is 2. The lowest BCUT2D eigenvalue weighted by Crippen LogP contribution is -1.98. The molecule has 0 spiro atoms. The van der Waals surface area contributed by atoms with Gasteiger partial charge in [0.15, 0.2) is 0 Å². The van der Waals surface area contributed by atoms with E-state index < -0.39 is 0 Å². The predicted octanol–water partition coefficient (Wildman–Crippen LogP) is 3.23. The SMILES string of the molecule is Cc1ncc(C(=O)c2ccc3ncccc3c2)s1. The molecule has 0 aliphatic carbocycles. The zero-order valence-electron chi connectivity index (χ0n) is 9.75. The molecule has 88 valence electrons. The summed E-state index contributed by atoms with van der Waals surface area (Å²) in [7, 11) is 0. The largest absolute Gasteiger partial charge is 0.288 e. The van der Waals surface area contributed by atoms with Gasteiger partial charge in [-0.2, -0.15) is 0 Å². The van der Waals surface area contributed by atoms with Crippen molar-refractivity contribution in [1.82, 2.24) is 9.97 Å². The molecule has 3 nitrogen and oxygen atoms in total. The molecule has 2 aromatic heterocycles. The average Bonchev–Trinajstić information content (AvgIpc) is 2.84. The second-order valence-electron chi connectivity index (χ2n) is 3.98. The Labute approximate surface area is 108 Å². The molecule has 0 N–H and O–H groups in total. The number of benzene rings is 1. The van der Waals surface area contributed by atoms with Crippen molar-refractivity contribution in [2.75, 3.05) is 0 Å². The third-order valence-corrected chi connectivity index (χ3v) is 3.62. The Bertz CT molecular complexity index is 733. The fourth-order valence-corrected chi connectivity index (χ4v) is 2.57. The molecule has 3 aromatic rings. The smallest absolute Gasteiger partial charge is 0.204 e. The van der Waals surface area contributed by atoms with Crippen LogP contribution >= 0.6 is 11.3 Å². The lowest BCUT2D eigenvalue weighted by atomic mass is 10.1. The van der Waals surface area contributed by atoms with Gasteiger partial charge in [-0.1, -0.05) is 6.07 Å². The molecular formula is C14H10N2OS. The number of fused-ring (bicyclic) bond motifs is 1. The first-order valence-corrected chi connectivity index (χ1v) is 6.37. The molecule has 0 saturated carbocycles. The molecule has 1 aromatic carbocycles. The zero-order chi connectivity index (χ0) is 12.5. The Morgan fingerprint density at radius 3 is 2.89 bits per heavy atom. The number of aromatic nitrogens is 2. The normalized spacial score (nSPS) is 10.7. The van der Waals surface area contributed by atoms with Crippen molar-refractivity contribution in [2.24, 2.45) is 0 Å². The Balaban J connectivity index is 2.06. The maximum absolute atomic E-state index is 12.3. The van der Waals surface area contributed by atoms with Gasteiger partial charge in [-0.25, -0.2) is 4.98 Å². The first-order chi connectivity index (χ1) is 8.74. The molecular weight excluding hydrogens is 244 g/mol. The van der Waals surface area contributed by atoms with Crippen LogP contribution in [0.2, 0.25) is 0 Å². The standard InChI is InChI=1S/C14H10N2OS/c1-9-16-8-13(18-9)14(17)11-4-5-12-10(7-11)3-2-6-15-12/h2-8H,1H3. The Morgan fingerprint density at radius 2 is 2.11 bits per heavy atom. The lowest BCUT2D eigenvalue weighted by molar-refractivity contribution is 0.104. The van der Waals surface area contributed by atoms with E-state index in [0.29, 0.717) is 10.4 Å². The number of hydrogen-bond donors (Lipinski definition) is 0. The van der Waals surface area contributed by atoms with Crippen molar-refractivity contribution in [3.8, 4) is 0 Å². The van der Waals surface area contributed by atoms with E-state index in [2.05, 4.69) is 9.97 Å². The van der Waals surface area contributed by atoms with Gasteiger partial charge in [0.1, 0.15) is 0 Å². The van der Waals surface area contributed by atoms with Gasteiger partial charge in [0, 0.05) is 23.3 Å². The first-order valence-electron chi connectivity index (χ1n) is 5.56. The lowest BCUT2D eigenvalue weighted by Gasteiger charge is -2.00. The fraction of sp³-hybridized carbons (Fsp3) is 0.0714. The number of carbonyl (C=O) groups is 1. The summed E-state index contributed by atoms with van der Waals surface area (Å²) in [5.74, 6) is 0.0198. The topological polar surface area (TPSA) is 42.9 Å². The summed E-state index contributed by atoms with van der Waals surface area (Å²) in [6, 6.07) is 9.38. The van der Waals surface area contributed by atoms with Crippen LogP contribution in [-0.4, -0.2) is 15.8 Å². The van der Waals surface area contributed by atoms with Crippen LogP contribution in [0, 0.1) is 6.92 Å². The van der Waals surface area contributed by atoms with Crippen LogP contribution in [0.1, 0.15) is 20.2 Å². The quantitative estimate of drug-likeness (QED) is 0.659. The fourth-order valence-electron chi connectivity index (χ4n) is 1.83. The van der Waals surface area contributed by atoms with Crippen LogP contribution < -0.4 is 0 Å². The highest BCUT2D eigenvalue weighted by Crippen LogP contribution is 2.19. The molecule has 0 radical (unpaired) electrons. The van der Waals surface area contributed by atoms with E-state index in [4.69, 9.17) is 0 Å². The minimum atomic E-state index is 0.0198. The molecule has 0 aliphatic heterocycles. The Hall–Kier alpha value is -2.07. The van der Waals surface area contributed by atoms with Crippen LogP contribution in [-0.2, 0) is 0 Å². The summed E-state index contributed by atoms with van der Waals surface area (Å²) < 4.78 is 0. The Kier molecular flexibility index (Phi) is 2.64. The molecule has 0 atom stereocenters. The van der Waals surface area contributed by atoms with E-state index in [0.717, 1.165) is 15.9 Å². The number of aryl methyl sites for hydroxylation is 1. The van der Waals surface area contributed by atoms with Gasteiger partial charge in [0.2, 0.25) is 5.78 Å². The van der Waals surface area contributed by atoms with E-state index in [1.54, 1.807) is 12.4 Å². The van der Waals surface area contributed by atoms with E-state index >= 15 is 0 Å². The highest BCUT2D eigenvalue weighted by atomic mass is 32.1. The van der Waals surface area contributed by atoms with Gasteiger partial charge in [0.05, 0.1) is 15.4 Å². The van der Waals surface area contributed by atoms with E-state index in [1.807, 2.05) is 37.3 Å². The molecule has 0 saturated heterocycles. The minimum absolute atomic E-state index is 0.0198. The van der Waals surface area contributed by atoms with Crippen LogP contribution in [0.4, 0.5) is 0 Å². The van der Waals surface area contributed by atoms with E-state index in [9.17, 15) is 4.79 Å². The highest BCUT2D eigenvalue weighted by Gasteiger charge is 2.12.